The number of benzene rings is 10. The maximum atomic E-state index is 5.48. The van der Waals surface area contributed by atoms with E-state index >= 15 is 0 Å². The van der Waals surface area contributed by atoms with Crippen LogP contribution < -0.4 is 0 Å². The molecule has 1 aliphatic rings. The SMILES string of the molecule is c1ccc(C2(c3ccccc3)c3ccccc3-c3c(-c4nc(-c5ccc(-c6cccc(-c7ccc8sc9ccccc9c8c7)c6)cc5)nc(-c5cccc6c5sc5ccccc56)n4)cccc32)cc1. The molecular formula is C64H39N3S2. The number of hydrogen-bond donors (Lipinski definition) is 0. The van der Waals surface area contributed by atoms with Gasteiger partial charge < -0.3 is 0 Å². The molecule has 322 valence electrons. The fourth-order valence-corrected chi connectivity index (χ4v) is 13.2. The summed E-state index contributed by atoms with van der Waals surface area (Å²) >= 11 is 3.64. The van der Waals surface area contributed by atoms with Gasteiger partial charge in [-0.05, 0) is 92.0 Å². The van der Waals surface area contributed by atoms with Crippen LogP contribution in [0.25, 0.3) is 108 Å². The minimum absolute atomic E-state index is 0.552. The van der Waals surface area contributed by atoms with Gasteiger partial charge in [0.2, 0.25) is 0 Å². The lowest BCUT2D eigenvalue weighted by atomic mass is 9.67. The van der Waals surface area contributed by atoms with Gasteiger partial charge in [0.05, 0.1) is 5.41 Å². The number of thiophene rings is 2. The summed E-state index contributed by atoms with van der Waals surface area (Å²) in [6, 6.07) is 85.7. The molecule has 0 fully saturated rings. The Hall–Kier alpha value is -8.35. The van der Waals surface area contributed by atoms with Crippen LogP contribution in [-0.2, 0) is 5.41 Å². The number of nitrogens with zero attached hydrogens (tertiary/aromatic N) is 3. The van der Waals surface area contributed by atoms with E-state index in [9.17, 15) is 0 Å². The smallest absolute Gasteiger partial charge is 0.165 e. The molecule has 0 saturated heterocycles. The van der Waals surface area contributed by atoms with Crippen LogP contribution in [0.1, 0.15) is 22.3 Å². The van der Waals surface area contributed by atoms with E-state index in [0.29, 0.717) is 17.5 Å². The highest BCUT2D eigenvalue weighted by atomic mass is 32.1. The van der Waals surface area contributed by atoms with Crippen LogP contribution in [0.4, 0.5) is 0 Å². The maximum Gasteiger partial charge on any atom is 0.165 e. The Morgan fingerprint density at radius 1 is 0.290 bits per heavy atom. The molecule has 0 bridgehead atoms. The number of fused-ring (bicyclic) bond motifs is 9. The summed E-state index contributed by atoms with van der Waals surface area (Å²) in [5.74, 6) is 1.93. The third-order valence-corrected chi connectivity index (χ3v) is 16.4. The third-order valence-electron chi connectivity index (χ3n) is 14.1. The molecule has 0 aliphatic heterocycles. The van der Waals surface area contributed by atoms with E-state index in [1.807, 2.05) is 11.3 Å². The average molecular weight is 914 g/mol. The fraction of sp³-hybridized carbons (Fsp3) is 0.0156. The second kappa shape index (κ2) is 15.9. The van der Waals surface area contributed by atoms with Crippen molar-refractivity contribution in [3.8, 4) is 67.5 Å². The molecule has 3 heterocycles. The Bertz CT molecular complexity index is 4090. The van der Waals surface area contributed by atoms with Crippen LogP contribution in [-0.4, -0.2) is 15.0 Å². The van der Waals surface area contributed by atoms with Gasteiger partial charge in [-0.1, -0.05) is 200 Å². The summed E-state index contributed by atoms with van der Waals surface area (Å²) < 4.78 is 5.04. The summed E-state index contributed by atoms with van der Waals surface area (Å²) in [6.45, 7) is 0. The first-order valence-corrected chi connectivity index (χ1v) is 25.0. The van der Waals surface area contributed by atoms with Crippen molar-refractivity contribution in [1.82, 2.24) is 15.0 Å². The molecule has 14 rings (SSSR count). The molecule has 0 radical (unpaired) electrons. The molecule has 10 aromatic carbocycles. The molecule has 3 aromatic heterocycles. The minimum Gasteiger partial charge on any atom is -0.208 e. The Balaban J connectivity index is 0.935. The van der Waals surface area contributed by atoms with Crippen molar-refractivity contribution >= 4 is 63.0 Å². The lowest BCUT2D eigenvalue weighted by Gasteiger charge is -2.33. The molecule has 0 atom stereocenters. The number of rotatable bonds is 7. The van der Waals surface area contributed by atoms with E-state index in [0.717, 1.165) is 33.4 Å². The monoisotopic (exact) mass is 913 g/mol. The van der Waals surface area contributed by atoms with Gasteiger partial charge in [-0.3, -0.25) is 0 Å². The van der Waals surface area contributed by atoms with E-state index in [-0.39, 0.29) is 0 Å². The van der Waals surface area contributed by atoms with Crippen LogP contribution in [0, 0.1) is 0 Å². The van der Waals surface area contributed by atoms with Gasteiger partial charge >= 0.3 is 0 Å². The van der Waals surface area contributed by atoms with Crippen molar-refractivity contribution < 1.29 is 0 Å². The summed E-state index contributed by atoms with van der Waals surface area (Å²) in [7, 11) is 0. The Kier molecular flexibility index (Phi) is 9.16. The standard InChI is InChI=1S/C64H39N3S2/c1-3-18-45(19-4-1)64(46-20-5-2-6-21-46)54-28-10-7-24-50(54)59-51(26-15-29-55(59)64)62-65-61(66-63(67-62)52-27-14-25-49-47-22-8-12-31-57(47)69-60(49)52)41-34-32-40(33-35-41)42-16-13-17-43(38-42)44-36-37-58-53(39-44)48-23-9-11-30-56(48)68-58/h1-39H. The molecule has 5 heteroatoms. The predicted octanol–water partition coefficient (Wildman–Crippen LogP) is 17.3. The van der Waals surface area contributed by atoms with E-state index in [2.05, 4.69) is 237 Å². The normalized spacial score (nSPS) is 12.8. The first-order valence-electron chi connectivity index (χ1n) is 23.3. The Labute approximate surface area is 407 Å². The molecule has 0 spiro atoms. The molecule has 3 nitrogen and oxygen atoms in total. The van der Waals surface area contributed by atoms with Crippen LogP contribution in [0.15, 0.2) is 237 Å². The minimum atomic E-state index is -0.552. The van der Waals surface area contributed by atoms with Gasteiger partial charge in [0.15, 0.2) is 17.5 Å². The summed E-state index contributed by atoms with van der Waals surface area (Å²) in [5.41, 5.74) is 14.2. The zero-order valence-electron chi connectivity index (χ0n) is 37.2. The van der Waals surface area contributed by atoms with Gasteiger partial charge in [0.25, 0.3) is 0 Å². The quantitative estimate of drug-likeness (QED) is 0.160. The lowest BCUT2D eigenvalue weighted by molar-refractivity contribution is 0.768. The predicted molar refractivity (Wildman–Crippen MR) is 290 cm³/mol. The molecule has 0 unspecified atom stereocenters. The third kappa shape index (κ3) is 6.28. The largest absolute Gasteiger partial charge is 0.208 e. The van der Waals surface area contributed by atoms with Gasteiger partial charge in [0, 0.05) is 57.0 Å². The van der Waals surface area contributed by atoms with Gasteiger partial charge in [-0.2, -0.15) is 0 Å². The van der Waals surface area contributed by atoms with Crippen molar-refractivity contribution in [2.45, 2.75) is 5.41 Å². The summed E-state index contributed by atoms with van der Waals surface area (Å²) in [6.07, 6.45) is 0. The van der Waals surface area contributed by atoms with Gasteiger partial charge in [-0.15, -0.1) is 22.7 Å². The van der Waals surface area contributed by atoms with Crippen molar-refractivity contribution in [3.05, 3.63) is 259 Å². The van der Waals surface area contributed by atoms with Crippen LogP contribution >= 0.6 is 22.7 Å². The van der Waals surface area contributed by atoms with Crippen LogP contribution in [0.3, 0.4) is 0 Å². The average Bonchev–Trinajstić information content (AvgIpc) is 4.10. The zero-order valence-corrected chi connectivity index (χ0v) is 38.8. The maximum absolute atomic E-state index is 5.48. The van der Waals surface area contributed by atoms with Crippen molar-refractivity contribution in [2.75, 3.05) is 0 Å². The highest BCUT2D eigenvalue weighted by Gasteiger charge is 2.47. The molecule has 69 heavy (non-hydrogen) atoms. The summed E-state index contributed by atoms with van der Waals surface area (Å²) in [4.78, 5) is 16.3. The number of aromatic nitrogens is 3. The van der Waals surface area contributed by atoms with E-state index in [4.69, 9.17) is 15.0 Å². The molecule has 1 aliphatic carbocycles. The first-order chi connectivity index (χ1) is 34.2. The zero-order chi connectivity index (χ0) is 45.5. The van der Waals surface area contributed by atoms with E-state index in [1.165, 1.54) is 79.3 Å². The van der Waals surface area contributed by atoms with E-state index < -0.39 is 5.41 Å². The van der Waals surface area contributed by atoms with Gasteiger partial charge in [0.1, 0.15) is 0 Å². The molecule has 0 N–H and O–H groups in total. The fourth-order valence-electron chi connectivity index (χ4n) is 10.9. The lowest BCUT2D eigenvalue weighted by Crippen LogP contribution is -2.28. The van der Waals surface area contributed by atoms with E-state index in [1.54, 1.807) is 11.3 Å². The van der Waals surface area contributed by atoms with Crippen molar-refractivity contribution in [2.24, 2.45) is 0 Å². The van der Waals surface area contributed by atoms with Crippen molar-refractivity contribution in [3.63, 3.8) is 0 Å². The van der Waals surface area contributed by atoms with Crippen LogP contribution in [0.2, 0.25) is 0 Å². The highest BCUT2D eigenvalue weighted by molar-refractivity contribution is 7.26. The molecular weight excluding hydrogens is 875 g/mol. The second-order valence-electron chi connectivity index (χ2n) is 17.8. The molecule has 0 saturated carbocycles. The second-order valence-corrected chi connectivity index (χ2v) is 19.9. The van der Waals surface area contributed by atoms with Crippen molar-refractivity contribution in [1.29, 1.82) is 0 Å². The van der Waals surface area contributed by atoms with Crippen LogP contribution in [0.5, 0.6) is 0 Å². The molecule has 0 amide bonds. The summed E-state index contributed by atoms with van der Waals surface area (Å²) in [5, 5.41) is 5.06. The topological polar surface area (TPSA) is 38.7 Å². The Morgan fingerprint density at radius 3 is 1.55 bits per heavy atom. The molecule has 13 aromatic rings. The first kappa shape index (κ1) is 39.8. The Morgan fingerprint density at radius 2 is 0.783 bits per heavy atom. The number of hydrogen-bond acceptors (Lipinski definition) is 5. The highest BCUT2D eigenvalue weighted by Crippen LogP contribution is 2.58. The van der Waals surface area contributed by atoms with Gasteiger partial charge in [-0.25, -0.2) is 15.0 Å².